The van der Waals surface area contributed by atoms with Crippen molar-refractivity contribution in [3.8, 4) is 11.4 Å². The lowest BCUT2D eigenvalue weighted by Crippen LogP contribution is -2.41. The lowest BCUT2D eigenvalue weighted by molar-refractivity contribution is -0.135. The topological polar surface area (TPSA) is 52.2 Å². The van der Waals surface area contributed by atoms with Gasteiger partial charge in [0.15, 0.2) is 0 Å². The van der Waals surface area contributed by atoms with E-state index in [4.69, 9.17) is 16.6 Å². The minimum atomic E-state index is 0.171. The van der Waals surface area contributed by atoms with Gasteiger partial charge in [-0.25, -0.2) is 4.98 Å². The van der Waals surface area contributed by atoms with E-state index in [1.807, 2.05) is 6.07 Å². The Balaban J connectivity index is 1.34. The fraction of sp³-hybridized carbons (Fsp3) is 0.417. The van der Waals surface area contributed by atoms with Crippen LogP contribution in [0.15, 0.2) is 36.4 Å². The number of aromatic nitrogens is 2. The Hall–Kier alpha value is -2.53. The number of aromatic amines is 1. The zero-order valence-electron chi connectivity index (χ0n) is 17.3. The van der Waals surface area contributed by atoms with Crippen molar-refractivity contribution in [2.24, 2.45) is 5.92 Å². The van der Waals surface area contributed by atoms with Gasteiger partial charge in [0.1, 0.15) is 5.82 Å². The first-order valence-electron chi connectivity index (χ1n) is 10.9. The molecule has 1 aromatic heterocycles. The van der Waals surface area contributed by atoms with Gasteiger partial charge in [0.05, 0.1) is 16.1 Å². The van der Waals surface area contributed by atoms with Gasteiger partial charge in [0.2, 0.25) is 5.91 Å². The number of nitrogens with zero attached hydrogens (tertiary/aromatic N) is 3. The van der Waals surface area contributed by atoms with Crippen molar-refractivity contribution in [1.29, 1.82) is 0 Å². The Bertz CT molecular complexity index is 1080. The highest BCUT2D eigenvalue weighted by Crippen LogP contribution is 2.33. The van der Waals surface area contributed by atoms with E-state index < -0.39 is 0 Å². The van der Waals surface area contributed by atoms with Crippen molar-refractivity contribution in [2.45, 2.75) is 32.6 Å². The third kappa shape index (κ3) is 3.67. The lowest BCUT2D eigenvalue weighted by Gasteiger charge is -2.34. The molecule has 6 heteroatoms. The summed E-state index contributed by atoms with van der Waals surface area (Å²) >= 11 is 6.54. The van der Waals surface area contributed by atoms with Crippen LogP contribution in [0.2, 0.25) is 5.02 Å². The average molecular weight is 423 g/mol. The van der Waals surface area contributed by atoms with Crippen molar-refractivity contribution < 1.29 is 4.79 Å². The zero-order valence-corrected chi connectivity index (χ0v) is 18.1. The maximum absolute atomic E-state index is 12.7. The van der Waals surface area contributed by atoms with Crippen LogP contribution in [0.4, 0.5) is 5.69 Å². The lowest BCUT2D eigenvalue weighted by atomic mass is 9.95. The number of likely N-dealkylation sites (tertiary alicyclic amines) is 1. The van der Waals surface area contributed by atoms with E-state index in [-0.39, 0.29) is 5.92 Å². The first kappa shape index (κ1) is 19.4. The molecule has 5 nitrogen and oxygen atoms in total. The standard InChI is InChI=1S/C24H27ClN4O/c1-16-4-7-21-22(14-16)27-23(26-21)19-15-18(5-6-20(19)25)28-12-8-17(9-13-28)24(30)29-10-2-3-11-29/h4-7,14-15,17H,2-3,8-13H2,1H3,(H,26,27). The second-order valence-corrected chi connectivity index (χ2v) is 8.97. The third-order valence-corrected chi connectivity index (χ3v) is 6.80. The molecule has 0 aliphatic carbocycles. The number of imidazole rings is 1. The van der Waals surface area contributed by atoms with Gasteiger partial charge in [-0.1, -0.05) is 17.7 Å². The SMILES string of the molecule is Cc1ccc2[nH]c(-c3cc(N4CCC(C(=O)N5CCCC5)CC4)ccc3Cl)nc2c1. The molecule has 2 aliphatic heterocycles. The van der Waals surface area contributed by atoms with Gasteiger partial charge in [-0.15, -0.1) is 0 Å². The summed E-state index contributed by atoms with van der Waals surface area (Å²) in [5.74, 6) is 1.33. The molecular weight excluding hydrogens is 396 g/mol. The summed E-state index contributed by atoms with van der Waals surface area (Å²) in [7, 11) is 0. The number of piperidine rings is 1. The minimum absolute atomic E-state index is 0.171. The Labute approximate surface area is 182 Å². The molecular formula is C24H27ClN4O. The molecule has 0 bridgehead atoms. The van der Waals surface area contributed by atoms with Crippen LogP contribution in [0.1, 0.15) is 31.2 Å². The van der Waals surface area contributed by atoms with E-state index in [0.29, 0.717) is 10.9 Å². The Kier molecular flexibility index (Phi) is 5.15. The van der Waals surface area contributed by atoms with Crippen LogP contribution >= 0.6 is 11.6 Å². The van der Waals surface area contributed by atoms with Crippen molar-refractivity contribution in [3.63, 3.8) is 0 Å². The smallest absolute Gasteiger partial charge is 0.225 e. The van der Waals surface area contributed by atoms with Crippen LogP contribution in [0, 0.1) is 12.8 Å². The number of halogens is 1. The molecule has 2 fully saturated rings. The van der Waals surface area contributed by atoms with Gasteiger partial charge in [0, 0.05) is 43.3 Å². The summed E-state index contributed by atoms with van der Waals surface area (Å²) in [5, 5.41) is 0.689. The quantitative estimate of drug-likeness (QED) is 0.644. The van der Waals surface area contributed by atoms with Gasteiger partial charge in [-0.3, -0.25) is 4.79 Å². The van der Waals surface area contributed by atoms with Crippen molar-refractivity contribution in [1.82, 2.24) is 14.9 Å². The minimum Gasteiger partial charge on any atom is -0.371 e. The van der Waals surface area contributed by atoms with E-state index >= 15 is 0 Å². The number of aryl methyl sites for hydroxylation is 1. The summed E-state index contributed by atoms with van der Waals surface area (Å²) in [5.41, 5.74) is 5.20. The number of hydrogen-bond donors (Lipinski definition) is 1. The van der Waals surface area contributed by atoms with Gasteiger partial charge < -0.3 is 14.8 Å². The number of hydrogen-bond acceptors (Lipinski definition) is 3. The second-order valence-electron chi connectivity index (χ2n) is 8.56. The Morgan fingerprint density at radius 3 is 2.60 bits per heavy atom. The molecule has 0 spiro atoms. The third-order valence-electron chi connectivity index (χ3n) is 6.47. The summed E-state index contributed by atoms with van der Waals surface area (Å²) in [6, 6.07) is 12.4. The molecule has 0 unspecified atom stereocenters. The highest BCUT2D eigenvalue weighted by molar-refractivity contribution is 6.33. The fourth-order valence-corrected chi connectivity index (χ4v) is 4.92. The number of carbonyl (C=O) groups is 1. The van der Waals surface area contributed by atoms with E-state index in [9.17, 15) is 4.79 Å². The number of H-pyrrole nitrogens is 1. The van der Waals surface area contributed by atoms with Gasteiger partial charge >= 0.3 is 0 Å². The van der Waals surface area contributed by atoms with Gasteiger partial charge in [-0.2, -0.15) is 0 Å². The monoisotopic (exact) mass is 422 g/mol. The molecule has 1 amide bonds. The fourth-order valence-electron chi connectivity index (χ4n) is 4.72. The number of amides is 1. The predicted molar refractivity (Wildman–Crippen MR) is 122 cm³/mol. The largest absolute Gasteiger partial charge is 0.371 e. The van der Waals surface area contributed by atoms with Crippen molar-refractivity contribution >= 4 is 34.2 Å². The van der Waals surface area contributed by atoms with Crippen LogP contribution in [-0.2, 0) is 4.79 Å². The summed E-state index contributed by atoms with van der Waals surface area (Å²) in [6.45, 7) is 5.74. The van der Waals surface area contributed by atoms with Crippen LogP contribution in [0.5, 0.6) is 0 Å². The van der Waals surface area contributed by atoms with Crippen LogP contribution in [-0.4, -0.2) is 47.0 Å². The van der Waals surface area contributed by atoms with E-state index in [1.54, 1.807) is 0 Å². The maximum atomic E-state index is 12.7. The molecule has 0 atom stereocenters. The number of fused-ring (bicyclic) bond motifs is 1. The molecule has 3 heterocycles. The number of benzene rings is 2. The molecule has 2 saturated heterocycles. The normalized spacial score (nSPS) is 17.8. The number of rotatable bonds is 3. The Morgan fingerprint density at radius 2 is 1.83 bits per heavy atom. The first-order chi connectivity index (χ1) is 14.6. The molecule has 3 aromatic rings. The highest BCUT2D eigenvalue weighted by Gasteiger charge is 2.30. The number of nitrogens with one attached hydrogen (secondary N) is 1. The predicted octanol–water partition coefficient (Wildman–Crippen LogP) is 5.03. The number of anilines is 1. The molecule has 156 valence electrons. The number of carbonyl (C=O) groups excluding carboxylic acids is 1. The van der Waals surface area contributed by atoms with Crippen LogP contribution in [0.3, 0.4) is 0 Å². The average Bonchev–Trinajstić information content (AvgIpc) is 3.43. The molecule has 2 aromatic carbocycles. The summed E-state index contributed by atoms with van der Waals surface area (Å²) < 4.78 is 0. The van der Waals surface area contributed by atoms with Crippen LogP contribution < -0.4 is 4.90 Å². The molecule has 5 rings (SSSR count). The molecule has 2 aliphatic rings. The highest BCUT2D eigenvalue weighted by atomic mass is 35.5. The molecule has 1 N–H and O–H groups in total. The maximum Gasteiger partial charge on any atom is 0.225 e. The van der Waals surface area contributed by atoms with E-state index in [2.05, 4.69) is 52.0 Å². The summed E-state index contributed by atoms with van der Waals surface area (Å²) in [4.78, 5) is 25.3. The molecule has 30 heavy (non-hydrogen) atoms. The first-order valence-corrected chi connectivity index (χ1v) is 11.3. The van der Waals surface area contributed by atoms with Crippen LogP contribution in [0.25, 0.3) is 22.4 Å². The van der Waals surface area contributed by atoms with Gasteiger partial charge in [-0.05, 0) is 68.5 Å². The molecule has 0 radical (unpaired) electrons. The van der Waals surface area contributed by atoms with E-state index in [1.165, 1.54) is 5.56 Å². The zero-order chi connectivity index (χ0) is 20.7. The van der Waals surface area contributed by atoms with Gasteiger partial charge in [0.25, 0.3) is 0 Å². The summed E-state index contributed by atoms with van der Waals surface area (Å²) in [6.07, 6.45) is 4.13. The van der Waals surface area contributed by atoms with Crippen molar-refractivity contribution in [2.75, 3.05) is 31.1 Å². The molecule has 0 saturated carbocycles. The Morgan fingerprint density at radius 1 is 1.07 bits per heavy atom. The van der Waals surface area contributed by atoms with E-state index in [0.717, 1.165) is 80.0 Å². The second kappa shape index (κ2) is 7.95. The van der Waals surface area contributed by atoms with Crippen molar-refractivity contribution in [3.05, 3.63) is 47.0 Å².